The fraction of sp³-hybridized carbons (Fsp3) is 0.200. The highest BCUT2D eigenvalue weighted by molar-refractivity contribution is 7.20. The van der Waals surface area contributed by atoms with Gasteiger partial charge in [-0.2, -0.15) is 0 Å². The zero-order valence-electron chi connectivity index (χ0n) is 19.4. The molecule has 0 fully saturated rings. The average molecular weight is 528 g/mol. The van der Waals surface area contributed by atoms with Crippen LogP contribution >= 0.6 is 22.9 Å². The molecule has 0 saturated carbocycles. The van der Waals surface area contributed by atoms with Crippen molar-refractivity contribution < 1.29 is 23.8 Å². The van der Waals surface area contributed by atoms with E-state index in [4.69, 9.17) is 25.8 Å². The number of methoxy groups -OCH3 is 1. The number of hydrogen-bond acceptors (Lipinski definition) is 8. The molecule has 2 aromatic heterocycles. The molecule has 0 atom stereocenters. The molecule has 0 bridgehead atoms. The number of nitrogens with one attached hydrogen (secondary N) is 1. The van der Waals surface area contributed by atoms with Gasteiger partial charge in [0.25, 0.3) is 5.56 Å². The van der Waals surface area contributed by atoms with Gasteiger partial charge in [0.05, 0.1) is 23.8 Å². The minimum Gasteiger partial charge on any atom is -0.495 e. The largest absolute Gasteiger partial charge is 0.495 e. The number of anilines is 1. The lowest BCUT2D eigenvalue weighted by atomic mass is 10.2. The van der Waals surface area contributed by atoms with Crippen LogP contribution in [-0.4, -0.2) is 41.8 Å². The standard InChI is InChI=1S/C25H22ClN3O6S/c1-15-21-23(36-22(15)25(32)35-11-10-34-17-6-4-3-5-7-17)27-14-29(24(21)31)13-20(30)28-16-8-9-19(33-2)18(26)12-16/h3-9,12,14H,10-11,13H2,1-2H3,(H,28,30). The van der Waals surface area contributed by atoms with Crippen molar-refractivity contribution >= 4 is 50.7 Å². The van der Waals surface area contributed by atoms with Crippen molar-refractivity contribution in [1.29, 1.82) is 0 Å². The highest BCUT2D eigenvalue weighted by Gasteiger charge is 2.21. The van der Waals surface area contributed by atoms with Crippen LogP contribution in [0.25, 0.3) is 10.2 Å². The Balaban J connectivity index is 1.42. The van der Waals surface area contributed by atoms with Crippen LogP contribution in [0.5, 0.6) is 11.5 Å². The predicted molar refractivity (Wildman–Crippen MR) is 137 cm³/mol. The van der Waals surface area contributed by atoms with E-state index >= 15 is 0 Å². The Hall–Kier alpha value is -3.89. The van der Waals surface area contributed by atoms with Crippen molar-refractivity contribution in [1.82, 2.24) is 9.55 Å². The third-order valence-corrected chi connectivity index (χ3v) is 6.66. The molecule has 9 nitrogen and oxygen atoms in total. The zero-order valence-corrected chi connectivity index (χ0v) is 21.0. The van der Waals surface area contributed by atoms with Gasteiger partial charge >= 0.3 is 5.97 Å². The Labute approximate surface area is 215 Å². The molecule has 0 spiro atoms. The van der Waals surface area contributed by atoms with Crippen LogP contribution in [0.15, 0.2) is 59.7 Å². The smallest absolute Gasteiger partial charge is 0.348 e. The van der Waals surface area contributed by atoms with Crippen LogP contribution in [0.2, 0.25) is 5.02 Å². The van der Waals surface area contributed by atoms with Gasteiger partial charge in [-0.15, -0.1) is 11.3 Å². The van der Waals surface area contributed by atoms with E-state index in [2.05, 4.69) is 10.3 Å². The van der Waals surface area contributed by atoms with Crippen molar-refractivity contribution in [3.05, 3.63) is 80.7 Å². The second-order valence-electron chi connectivity index (χ2n) is 7.61. The van der Waals surface area contributed by atoms with E-state index < -0.39 is 17.4 Å². The molecule has 186 valence electrons. The number of carbonyl (C=O) groups excluding carboxylic acids is 2. The first-order chi connectivity index (χ1) is 17.4. The number of fused-ring (bicyclic) bond motifs is 1. The topological polar surface area (TPSA) is 109 Å². The maximum absolute atomic E-state index is 13.1. The van der Waals surface area contributed by atoms with Crippen LogP contribution in [0.3, 0.4) is 0 Å². The lowest BCUT2D eigenvalue weighted by Crippen LogP contribution is -2.27. The van der Waals surface area contributed by atoms with Gasteiger partial charge in [0.2, 0.25) is 5.91 Å². The maximum Gasteiger partial charge on any atom is 0.348 e. The Bertz CT molecular complexity index is 1470. The number of nitrogens with zero attached hydrogens (tertiary/aromatic N) is 2. The van der Waals surface area contributed by atoms with Crippen LogP contribution in [0, 0.1) is 6.92 Å². The summed E-state index contributed by atoms with van der Waals surface area (Å²) in [6.07, 6.45) is 1.28. The zero-order chi connectivity index (χ0) is 25.7. The van der Waals surface area contributed by atoms with E-state index in [-0.39, 0.29) is 30.0 Å². The highest BCUT2D eigenvalue weighted by atomic mass is 35.5. The van der Waals surface area contributed by atoms with Gasteiger partial charge in [0.1, 0.15) is 41.0 Å². The summed E-state index contributed by atoms with van der Waals surface area (Å²) < 4.78 is 17.1. The Morgan fingerprint density at radius 2 is 1.92 bits per heavy atom. The van der Waals surface area contributed by atoms with E-state index in [0.717, 1.165) is 11.3 Å². The van der Waals surface area contributed by atoms with E-state index in [9.17, 15) is 14.4 Å². The molecule has 11 heteroatoms. The number of halogens is 1. The number of para-hydroxylation sites is 1. The molecule has 0 aliphatic heterocycles. The molecule has 4 aromatic rings. The van der Waals surface area contributed by atoms with Gasteiger partial charge in [0, 0.05) is 5.69 Å². The Kier molecular flexibility index (Phi) is 7.87. The summed E-state index contributed by atoms with van der Waals surface area (Å²) in [5.74, 6) is 0.152. The van der Waals surface area contributed by atoms with Crippen molar-refractivity contribution in [2.75, 3.05) is 25.6 Å². The Morgan fingerprint density at radius 3 is 2.64 bits per heavy atom. The number of esters is 1. The minimum atomic E-state index is -0.563. The van der Waals surface area contributed by atoms with Crippen LogP contribution in [-0.2, 0) is 16.1 Å². The highest BCUT2D eigenvalue weighted by Crippen LogP contribution is 2.28. The number of hydrogen-bond donors (Lipinski definition) is 1. The third-order valence-electron chi connectivity index (χ3n) is 5.18. The van der Waals surface area contributed by atoms with Crippen molar-refractivity contribution in [2.45, 2.75) is 13.5 Å². The molecular formula is C25H22ClN3O6S. The van der Waals surface area contributed by atoms with Gasteiger partial charge in [-0.3, -0.25) is 14.2 Å². The van der Waals surface area contributed by atoms with Crippen LogP contribution < -0.4 is 20.3 Å². The summed E-state index contributed by atoms with van der Waals surface area (Å²) in [5.41, 5.74) is 0.488. The number of benzene rings is 2. The van der Waals surface area contributed by atoms with E-state index in [1.165, 1.54) is 18.0 Å². The summed E-state index contributed by atoms with van der Waals surface area (Å²) in [6.45, 7) is 1.63. The summed E-state index contributed by atoms with van der Waals surface area (Å²) in [4.78, 5) is 43.1. The number of aromatic nitrogens is 2. The van der Waals surface area contributed by atoms with E-state index in [0.29, 0.717) is 32.6 Å². The first kappa shape index (κ1) is 25.2. The number of rotatable bonds is 9. The first-order valence-electron chi connectivity index (χ1n) is 10.8. The third kappa shape index (κ3) is 5.67. The molecule has 2 aromatic carbocycles. The monoisotopic (exact) mass is 527 g/mol. The molecule has 0 saturated heterocycles. The first-order valence-corrected chi connectivity index (χ1v) is 12.0. The average Bonchev–Trinajstić information content (AvgIpc) is 3.21. The molecule has 0 unspecified atom stereocenters. The SMILES string of the molecule is COc1ccc(NC(=O)Cn2cnc3sc(C(=O)OCCOc4ccccc4)c(C)c3c2=O)cc1Cl. The normalized spacial score (nSPS) is 10.8. The molecule has 4 rings (SSSR count). The van der Waals surface area contributed by atoms with E-state index in [1.54, 1.807) is 37.3 Å². The van der Waals surface area contributed by atoms with Crippen molar-refractivity contribution in [3.8, 4) is 11.5 Å². The van der Waals surface area contributed by atoms with Gasteiger partial charge in [-0.05, 0) is 42.8 Å². The predicted octanol–water partition coefficient (Wildman–Crippen LogP) is 4.30. The molecule has 0 radical (unpaired) electrons. The van der Waals surface area contributed by atoms with E-state index in [1.807, 2.05) is 18.2 Å². The van der Waals surface area contributed by atoms with Gasteiger partial charge in [-0.1, -0.05) is 29.8 Å². The van der Waals surface area contributed by atoms with Crippen molar-refractivity contribution in [3.63, 3.8) is 0 Å². The van der Waals surface area contributed by atoms with Crippen LogP contribution in [0.4, 0.5) is 5.69 Å². The van der Waals surface area contributed by atoms with Crippen LogP contribution in [0.1, 0.15) is 15.2 Å². The molecule has 1 amide bonds. The van der Waals surface area contributed by atoms with Gasteiger partial charge < -0.3 is 19.5 Å². The minimum absolute atomic E-state index is 0.0502. The fourth-order valence-electron chi connectivity index (χ4n) is 3.44. The molecule has 2 heterocycles. The molecular weight excluding hydrogens is 506 g/mol. The van der Waals surface area contributed by atoms with Crippen molar-refractivity contribution in [2.24, 2.45) is 0 Å². The molecule has 0 aliphatic rings. The summed E-state index contributed by atoms with van der Waals surface area (Å²) >= 11 is 7.16. The Morgan fingerprint density at radius 1 is 1.14 bits per heavy atom. The number of carbonyl (C=O) groups is 2. The lowest BCUT2D eigenvalue weighted by molar-refractivity contribution is -0.116. The maximum atomic E-state index is 13.1. The molecule has 36 heavy (non-hydrogen) atoms. The molecule has 1 N–H and O–H groups in total. The number of ether oxygens (including phenoxy) is 3. The molecule has 0 aliphatic carbocycles. The van der Waals surface area contributed by atoms with Gasteiger partial charge in [-0.25, -0.2) is 9.78 Å². The number of aryl methyl sites for hydroxylation is 1. The fourth-order valence-corrected chi connectivity index (χ4v) is 4.73. The summed E-state index contributed by atoms with van der Waals surface area (Å²) in [6, 6.07) is 14.0. The summed E-state index contributed by atoms with van der Waals surface area (Å²) in [5, 5.41) is 3.30. The second-order valence-corrected chi connectivity index (χ2v) is 9.02. The quantitative estimate of drug-likeness (QED) is 0.255. The lowest BCUT2D eigenvalue weighted by Gasteiger charge is -2.09. The van der Waals surface area contributed by atoms with Gasteiger partial charge in [0.15, 0.2) is 0 Å². The number of thiophene rings is 1. The second kappa shape index (κ2) is 11.2. The number of amides is 1. The summed E-state index contributed by atoms with van der Waals surface area (Å²) in [7, 11) is 1.49.